The zero-order chi connectivity index (χ0) is 53.0. The maximum Gasteiger partial charge on any atom is 0.230 e. The summed E-state index contributed by atoms with van der Waals surface area (Å²) in [6.45, 7) is 20.2. The molecule has 400 valence electrons. The number of hydrogen-bond donors (Lipinski definition) is 4. The molecular formula is C58H76N14O3Si. The van der Waals surface area contributed by atoms with E-state index in [0.29, 0.717) is 30.5 Å². The molecule has 76 heavy (non-hydrogen) atoms. The number of aliphatic hydroxyl groups is 1. The molecule has 8 aromatic heterocycles. The highest BCUT2D eigenvalue weighted by molar-refractivity contribution is 6.74. The number of aromatic nitrogens is 10. The Morgan fingerprint density at radius 3 is 1.74 bits per heavy atom. The van der Waals surface area contributed by atoms with Gasteiger partial charge >= 0.3 is 0 Å². The Hall–Kier alpha value is -6.31. The minimum absolute atomic E-state index is 0.189. The molecular weight excluding hydrogens is 969 g/mol. The van der Waals surface area contributed by atoms with Gasteiger partial charge in [-0.15, -0.1) is 0 Å². The number of fused-ring (bicyclic) bond motifs is 8. The third-order valence-electron chi connectivity index (χ3n) is 16.7. The summed E-state index contributed by atoms with van der Waals surface area (Å²) in [5.74, 6) is 4.33. The largest absolute Gasteiger partial charge is 0.410 e. The van der Waals surface area contributed by atoms with Gasteiger partial charge in [0.15, 0.2) is 8.32 Å². The van der Waals surface area contributed by atoms with Crippen molar-refractivity contribution in [2.24, 2.45) is 11.8 Å². The molecule has 10 heterocycles. The van der Waals surface area contributed by atoms with Crippen LogP contribution in [0.1, 0.15) is 121 Å². The molecule has 2 aliphatic carbocycles. The average molecular weight is 1050 g/mol. The van der Waals surface area contributed by atoms with Crippen molar-refractivity contribution in [2.75, 3.05) is 43.5 Å². The second-order valence-corrected chi connectivity index (χ2v) is 27.8. The summed E-state index contributed by atoms with van der Waals surface area (Å²) < 4.78 is 10.3. The van der Waals surface area contributed by atoms with E-state index >= 15 is 0 Å². The summed E-state index contributed by atoms with van der Waals surface area (Å²) in [6.07, 6.45) is 23.9. The molecule has 0 amide bonds. The topological polar surface area (TPSA) is 199 Å². The normalized spacial score (nSPS) is 20.1. The number of carbonyl (C=O) groups is 1. The molecule has 4 aliphatic rings. The Morgan fingerprint density at radius 2 is 1.22 bits per heavy atom. The summed E-state index contributed by atoms with van der Waals surface area (Å²) in [6, 6.07) is 13.3. The molecule has 0 unspecified atom stereocenters. The first kappa shape index (κ1) is 53.1. The fourth-order valence-corrected chi connectivity index (χ4v) is 12.1. The molecule has 2 fully saturated rings. The summed E-state index contributed by atoms with van der Waals surface area (Å²) in [5.41, 5.74) is 9.01. The fourth-order valence-electron chi connectivity index (χ4n) is 11.2. The highest BCUT2D eigenvalue weighted by Gasteiger charge is 2.37. The lowest BCUT2D eigenvalue weighted by Gasteiger charge is -2.35. The Kier molecular flexibility index (Phi) is 16.1. The molecule has 12 rings (SSSR count). The van der Waals surface area contributed by atoms with Gasteiger partial charge in [0.25, 0.3) is 0 Å². The molecule has 0 aromatic carbocycles. The van der Waals surface area contributed by atoms with Gasteiger partial charge in [0.1, 0.15) is 29.2 Å². The lowest BCUT2D eigenvalue weighted by molar-refractivity contribution is -0.109. The number of nitrogens with one attached hydrogen (secondary N) is 3. The molecule has 4 N–H and O–H groups in total. The molecule has 8 aromatic rings. The number of hydrogen-bond acceptors (Lipinski definition) is 15. The monoisotopic (exact) mass is 1040 g/mol. The van der Waals surface area contributed by atoms with Gasteiger partial charge in [-0.2, -0.15) is 9.97 Å². The van der Waals surface area contributed by atoms with Crippen molar-refractivity contribution in [2.45, 2.75) is 142 Å². The smallest absolute Gasteiger partial charge is 0.230 e. The first-order valence-electron chi connectivity index (χ1n) is 27.6. The van der Waals surface area contributed by atoms with Gasteiger partial charge in [0.05, 0.1) is 36.6 Å². The fraction of sp³-hybridized carbons (Fsp3) is 0.500. The Bertz CT molecular complexity index is 3300. The molecule has 0 spiro atoms. The maximum atomic E-state index is 10.1. The van der Waals surface area contributed by atoms with Crippen LogP contribution in [0.2, 0.25) is 18.1 Å². The number of rotatable bonds is 11. The van der Waals surface area contributed by atoms with Crippen LogP contribution in [0, 0.1) is 11.8 Å². The quantitative estimate of drug-likeness (QED) is 0.0704. The number of β-amino-alcohol motifs (C(OH)–C–C–N with tert-alkyl or cyclic N) is 1. The number of aldehydes is 1. The lowest BCUT2D eigenvalue weighted by atomic mass is 9.87. The van der Waals surface area contributed by atoms with Crippen molar-refractivity contribution in [3.8, 4) is 0 Å². The van der Waals surface area contributed by atoms with E-state index in [4.69, 9.17) is 24.4 Å². The highest BCUT2D eigenvalue weighted by Crippen LogP contribution is 2.41. The van der Waals surface area contributed by atoms with E-state index in [1.54, 1.807) is 0 Å². The maximum absolute atomic E-state index is 10.1. The van der Waals surface area contributed by atoms with E-state index in [-0.39, 0.29) is 18.3 Å². The molecule has 0 radical (unpaired) electrons. The van der Waals surface area contributed by atoms with Gasteiger partial charge in [-0.1, -0.05) is 46.8 Å². The number of carbonyl (C=O) groups excluding carboxylic acids is 1. The van der Waals surface area contributed by atoms with Gasteiger partial charge in [0, 0.05) is 115 Å². The van der Waals surface area contributed by atoms with Crippen LogP contribution in [0.15, 0.2) is 73.6 Å². The van der Waals surface area contributed by atoms with Crippen molar-refractivity contribution in [1.82, 2.24) is 59.2 Å². The van der Waals surface area contributed by atoms with Gasteiger partial charge in [-0.25, -0.2) is 19.9 Å². The van der Waals surface area contributed by atoms with Crippen molar-refractivity contribution in [1.29, 1.82) is 0 Å². The van der Waals surface area contributed by atoms with Crippen LogP contribution in [0.4, 0.5) is 23.5 Å². The molecule has 18 heteroatoms. The minimum Gasteiger partial charge on any atom is -0.410 e. The number of nitrogens with zero attached hydrogens (tertiary/aromatic N) is 11. The molecule has 17 nitrogen and oxygen atoms in total. The van der Waals surface area contributed by atoms with Crippen LogP contribution in [-0.2, 0) is 35.2 Å². The van der Waals surface area contributed by atoms with Crippen molar-refractivity contribution in [3.05, 3.63) is 96.1 Å². The lowest BCUT2D eigenvalue weighted by Crippen LogP contribution is -2.41. The summed E-state index contributed by atoms with van der Waals surface area (Å²) >= 11 is 0. The number of aliphatic hydroxyl groups excluding tert-OH is 1. The molecule has 0 saturated heterocycles. The Morgan fingerprint density at radius 1 is 0.697 bits per heavy atom. The van der Waals surface area contributed by atoms with E-state index in [9.17, 15) is 9.90 Å². The van der Waals surface area contributed by atoms with Gasteiger partial charge < -0.3 is 39.4 Å². The third kappa shape index (κ3) is 11.7. The Labute approximate surface area is 447 Å². The molecule has 2 saturated carbocycles. The predicted molar refractivity (Wildman–Crippen MR) is 305 cm³/mol. The minimum atomic E-state index is -1.66. The standard InChI is InChI=1S/C26H31N7O.C24H27N7.C8H18O2Si/c1-17-2-5-19(6-3-17)33-23-15-27-10-8-20(23)21-14-28-26(31-25(21)33)30-24-7-4-18-16-32(12-13-34)11-9-22(18)29-24;1-15-2-5-17(6-3-15)31-21-14-26-10-8-18(21)19-13-27-24(30-23(19)31)29-22-7-4-16-12-25-11-9-20(16)28-22;1-8(2,3)11(4,5)10-7-6-9/h4,7-8,10,14-15,17,19,34H,2-3,5-6,9,11-13,16H2,1H3,(H,28,29,30,31);4,7-8,10,13-15,17,25H,2-3,5-6,9,11-12H2,1H3,(H,27,28,29,30);6H,7H2,1-5H3. The van der Waals surface area contributed by atoms with Gasteiger partial charge in [-0.05, 0) is 117 Å². The van der Waals surface area contributed by atoms with Crippen LogP contribution in [0.3, 0.4) is 0 Å². The van der Waals surface area contributed by atoms with E-state index in [0.717, 1.165) is 119 Å². The second kappa shape index (κ2) is 23.1. The van der Waals surface area contributed by atoms with Crippen molar-refractivity contribution >= 4 is 82.0 Å². The highest BCUT2D eigenvalue weighted by atomic mass is 28.4. The van der Waals surface area contributed by atoms with Gasteiger partial charge in [-0.3, -0.25) is 14.9 Å². The van der Waals surface area contributed by atoms with Crippen LogP contribution in [0.25, 0.3) is 43.9 Å². The van der Waals surface area contributed by atoms with E-state index in [2.05, 4.69) is 122 Å². The SMILES string of the molecule is CC(C)(C)[Si](C)(C)OCC=O.CC1CCC(n2c3cnccc3c3cnc(Nc4ccc5c(n4)CCN(CCO)C5)nc32)CC1.CC1CCC(n2c3cnccc3c3cnc(Nc4ccc5c(n4)CCNC5)nc32)CC1. The zero-order valence-electron chi connectivity index (χ0n) is 45.5. The summed E-state index contributed by atoms with van der Waals surface area (Å²) in [4.78, 5) is 50.0. The number of anilines is 4. The first-order valence-corrected chi connectivity index (χ1v) is 30.5. The van der Waals surface area contributed by atoms with Crippen LogP contribution < -0.4 is 16.0 Å². The molecule has 0 bridgehead atoms. The number of pyridine rings is 4. The van der Waals surface area contributed by atoms with Crippen LogP contribution in [0.5, 0.6) is 0 Å². The predicted octanol–water partition coefficient (Wildman–Crippen LogP) is 10.9. The average Bonchev–Trinajstić information content (AvgIpc) is 4.02. The molecule has 2 aliphatic heterocycles. The Balaban J connectivity index is 0.000000145. The third-order valence-corrected chi connectivity index (χ3v) is 21.2. The van der Waals surface area contributed by atoms with Crippen LogP contribution in [-0.4, -0.2) is 106 Å². The first-order chi connectivity index (χ1) is 36.8. The van der Waals surface area contributed by atoms with Crippen molar-refractivity contribution < 1.29 is 14.3 Å². The summed E-state index contributed by atoms with van der Waals surface area (Å²) in [5, 5.41) is 24.0. The zero-order valence-corrected chi connectivity index (χ0v) is 46.5. The van der Waals surface area contributed by atoms with Gasteiger partial charge in [0.2, 0.25) is 11.9 Å². The van der Waals surface area contributed by atoms with E-state index < -0.39 is 8.32 Å². The van der Waals surface area contributed by atoms with Crippen LogP contribution >= 0.6 is 0 Å². The molecule has 0 atom stereocenters. The summed E-state index contributed by atoms with van der Waals surface area (Å²) in [7, 11) is -1.66. The van der Waals surface area contributed by atoms with E-state index in [1.165, 1.54) is 67.9 Å². The van der Waals surface area contributed by atoms with Crippen molar-refractivity contribution in [3.63, 3.8) is 0 Å². The van der Waals surface area contributed by atoms with E-state index in [1.807, 2.05) is 49.3 Å². The second-order valence-electron chi connectivity index (χ2n) is 23.0.